The fourth-order valence-electron chi connectivity index (χ4n) is 2.33. The fourth-order valence-corrected chi connectivity index (χ4v) is 3.06. The molecule has 0 saturated carbocycles. The molecule has 0 unspecified atom stereocenters. The number of thioether (sulfide) groups is 1. The number of nitrogens with zero attached hydrogens (tertiary/aromatic N) is 4. The predicted molar refractivity (Wildman–Crippen MR) is 97.4 cm³/mol. The Hall–Kier alpha value is -2.82. The van der Waals surface area contributed by atoms with E-state index in [0.717, 1.165) is 0 Å². The molecule has 3 aromatic rings. The molecule has 7 nitrogen and oxygen atoms in total. The number of halogens is 3. The molecule has 0 aliphatic heterocycles. The monoisotopic (exact) mass is 412 g/mol. The van der Waals surface area contributed by atoms with E-state index in [4.69, 9.17) is 9.47 Å². The van der Waals surface area contributed by atoms with Crippen LogP contribution < -0.4 is 15.0 Å². The molecule has 0 bridgehead atoms. The maximum absolute atomic E-state index is 13.0. The summed E-state index contributed by atoms with van der Waals surface area (Å²) < 4.78 is 47.9. The second-order valence-corrected chi connectivity index (χ2v) is 6.68. The Kier molecular flexibility index (Phi) is 5.73. The molecule has 2 aromatic heterocycles. The van der Waals surface area contributed by atoms with Crippen LogP contribution in [0.2, 0.25) is 0 Å². The van der Waals surface area contributed by atoms with E-state index < -0.39 is 18.3 Å². The maximum Gasteiger partial charge on any atom is 0.422 e. The number of benzene rings is 1. The lowest BCUT2D eigenvalue weighted by Crippen LogP contribution is -2.23. The molecule has 0 aliphatic rings. The van der Waals surface area contributed by atoms with Crippen LogP contribution in [-0.2, 0) is 0 Å². The minimum atomic E-state index is -4.43. The molecule has 11 heteroatoms. The van der Waals surface area contributed by atoms with Gasteiger partial charge in [0.1, 0.15) is 5.75 Å². The van der Waals surface area contributed by atoms with Crippen LogP contribution in [0, 0.1) is 0 Å². The molecule has 3 rings (SSSR count). The first-order chi connectivity index (χ1) is 13.3. The van der Waals surface area contributed by atoms with E-state index in [1.165, 1.54) is 53.9 Å². The van der Waals surface area contributed by atoms with E-state index >= 15 is 0 Å². The molecule has 0 fully saturated rings. The number of hydrogen-bond acceptors (Lipinski definition) is 7. The van der Waals surface area contributed by atoms with Crippen molar-refractivity contribution in [3.8, 4) is 17.3 Å². The average Bonchev–Trinajstić information content (AvgIpc) is 2.66. The standard InChI is InChI=1S/C17H15F3N4O3S/c1-3-28-16-23-14-13(21-8-12(22-14)26-2)15(25)24(16)10-4-6-11(7-5-10)27-9-17(18,19)20/h4-8H,3,9H2,1-2H3. The van der Waals surface area contributed by atoms with Crippen LogP contribution in [0.5, 0.6) is 11.6 Å². The lowest BCUT2D eigenvalue weighted by molar-refractivity contribution is -0.153. The molecule has 0 amide bonds. The molecule has 148 valence electrons. The Morgan fingerprint density at radius 1 is 1.18 bits per heavy atom. The van der Waals surface area contributed by atoms with Gasteiger partial charge in [-0.05, 0) is 30.0 Å². The summed E-state index contributed by atoms with van der Waals surface area (Å²) in [4.78, 5) is 25.6. The number of hydrogen-bond donors (Lipinski definition) is 0. The Balaban J connectivity index is 2.04. The summed E-state index contributed by atoms with van der Waals surface area (Å²) in [7, 11) is 1.43. The molecule has 0 atom stereocenters. The second kappa shape index (κ2) is 8.05. The van der Waals surface area contributed by atoms with Gasteiger partial charge in [0, 0.05) is 0 Å². The van der Waals surface area contributed by atoms with Crippen LogP contribution in [0.1, 0.15) is 6.92 Å². The van der Waals surface area contributed by atoms with Crippen LogP contribution in [-0.4, -0.2) is 45.2 Å². The minimum Gasteiger partial charge on any atom is -0.484 e. The van der Waals surface area contributed by atoms with Gasteiger partial charge in [-0.3, -0.25) is 9.36 Å². The van der Waals surface area contributed by atoms with Crippen molar-refractivity contribution in [3.63, 3.8) is 0 Å². The highest BCUT2D eigenvalue weighted by Gasteiger charge is 2.28. The van der Waals surface area contributed by atoms with E-state index in [-0.39, 0.29) is 22.8 Å². The molecule has 0 aliphatic carbocycles. The normalized spacial score (nSPS) is 11.6. The smallest absolute Gasteiger partial charge is 0.422 e. The fraction of sp³-hybridized carbons (Fsp3) is 0.294. The predicted octanol–water partition coefficient (Wildman–Crippen LogP) is 3.24. The van der Waals surface area contributed by atoms with Gasteiger partial charge in [-0.2, -0.15) is 18.2 Å². The van der Waals surface area contributed by atoms with Crippen molar-refractivity contribution in [2.45, 2.75) is 18.3 Å². The van der Waals surface area contributed by atoms with Gasteiger partial charge in [-0.1, -0.05) is 18.7 Å². The molecular weight excluding hydrogens is 397 g/mol. The van der Waals surface area contributed by atoms with Gasteiger partial charge in [-0.15, -0.1) is 0 Å². The molecule has 0 spiro atoms. The van der Waals surface area contributed by atoms with Gasteiger partial charge < -0.3 is 9.47 Å². The van der Waals surface area contributed by atoms with Crippen molar-refractivity contribution in [2.75, 3.05) is 19.5 Å². The molecule has 1 aromatic carbocycles. The van der Waals surface area contributed by atoms with Crippen LogP contribution in [0.25, 0.3) is 16.9 Å². The highest BCUT2D eigenvalue weighted by atomic mass is 32.2. The third-order valence-corrected chi connectivity index (χ3v) is 4.33. The van der Waals surface area contributed by atoms with Gasteiger partial charge in [0.05, 0.1) is 19.0 Å². The highest BCUT2D eigenvalue weighted by Crippen LogP contribution is 2.23. The Morgan fingerprint density at radius 2 is 1.89 bits per heavy atom. The van der Waals surface area contributed by atoms with Crippen LogP contribution in [0.15, 0.2) is 40.4 Å². The first kappa shape index (κ1) is 19.9. The summed E-state index contributed by atoms with van der Waals surface area (Å²) in [6, 6.07) is 5.68. The quantitative estimate of drug-likeness (QED) is 0.454. The zero-order chi connectivity index (χ0) is 20.3. The lowest BCUT2D eigenvalue weighted by Gasteiger charge is -2.13. The number of methoxy groups -OCH3 is 1. The topological polar surface area (TPSA) is 79.1 Å². The first-order valence-electron chi connectivity index (χ1n) is 8.09. The third-order valence-electron chi connectivity index (χ3n) is 3.51. The average molecular weight is 412 g/mol. The second-order valence-electron chi connectivity index (χ2n) is 5.45. The van der Waals surface area contributed by atoms with Crippen molar-refractivity contribution in [1.29, 1.82) is 0 Å². The summed E-state index contributed by atoms with van der Waals surface area (Å²) in [5, 5.41) is 0.381. The zero-order valence-electron chi connectivity index (χ0n) is 14.9. The van der Waals surface area contributed by atoms with E-state index in [1.807, 2.05) is 6.92 Å². The third kappa shape index (κ3) is 4.35. The van der Waals surface area contributed by atoms with E-state index in [1.54, 1.807) is 0 Å². The van der Waals surface area contributed by atoms with Crippen molar-refractivity contribution in [1.82, 2.24) is 19.5 Å². The summed E-state index contributed by atoms with van der Waals surface area (Å²) in [6.07, 6.45) is -3.11. The number of aromatic nitrogens is 4. The Labute approximate surface area is 161 Å². The van der Waals surface area contributed by atoms with E-state index in [0.29, 0.717) is 16.6 Å². The van der Waals surface area contributed by atoms with Crippen molar-refractivity contribution in [2.24, 2.45) is 0 Å². The van der Waals surface area contributed by atoms with E-state index in [9.17, 15) is 18.0 Å². The number of fused-ring (bicyclic) bond motifs is 1. The van der Waals surface area contributed by atoms with Crippen molar-refractivity contribution < 1.29 is 22.6 Å². The largest absolute Gasteiger partial charge is 0.484 e. The van der Waals surface area contributed by atoms with Crippen molar-refractivity contribution >= 4 is 22.9 Å². The highest BCUT2D eigenvalue weighted by molar-refractivity contribution is 7.99. The number of ether oxygens (including phenoxy) is 2. The van der Waals surface area contributed by atoms with E-state index in [2.05, 4.69) is 15.0 Å². The van der Waals surface area contributed by atoms with Gasteiger partial charge in [0.25, 0.3) is 5.56 Å². The zero-order valence-corrected chi connectivity index (χ0v) is 15.7. The number of rotatable bonds is 6. The van der Waals surface area contributed by atoms with Gasteiger partial charge in [0.2, 0.25) is 5.88 Å². The SMILES string of the molecule is CCSc1nc2nc(OC)cnc2c(=O)n1-c1ccc(OCC(F)(F)F)cc1. The summed E-state index contributed by atoms with van der Waals surface area (Å²) in [5.74, 6) is 0.912. The summed E-state index contributed by atoms with van der Waals surface area (Å²) >= 11 is 1.32. The van der Waals surface area contributed by atoms with Crippen LogP contribution in [0.4, 0.5) is 13.2 Å². The molecule has 0 saturated heterocycles. The van der Waals surface area contributed by atoms with Gasteiger partial charge in [-0.25, -0.2) is 9.97 Å². The molecule has 2 heterocycles. The maximum atomic E-state index is 13.0. The van der Waals surface area contributed by atoms with Gasteiger partial charge in [0.15, 0.2) is 22.9 Å². The molecule has 28 heavy (non-hydrogen) atoms. The molecular formula is C17H15F3N4O3S. The lowest BCUT2D eigenvalue weighted by atomic mass is 10.3. The summed E-state index contributed by atoms with van der Waals surface area (Å²) in [5.41, 5.74) is 0.188. The summed E-state index contributed by atoms with van der Waals surface area (Å²) in [6.45, 7) is 0.509. The Bertz CT molecular complexity index is 1040. The first-order valence-corrected chi connectivity index (χ1v) is 9.07. The van der Waals surface area contributed by atoms with Gasteiger partial charge >= 0.3 is 6.18 Å². The van der Waals surface area contributed by atoms with Crippen molar-refractivity contribution in [3.05, 3.63) is 40.8 Å². The molecule has 0 N–H and O–H groups in total. The Morgan fingerprint density at radius 3 is 2.50 bits per heavy atom. The van der Waals surface area contributed by atoms with Crippen LogP contribution in [0.3, 0.4) is 0 Å². The minimum absolute atomic E-state index is 0.0390. The van der Waals surface area contributed by atoms with Crippen LogP contribution >= 0.6 is 11.8 Å². The number of alkyl halides is 3. The molecule has 0 radical (unpaired) electrons.